The lowest BCUT2D eigenvalue weighted by molar-refractivity contribution is -0.151. The molecule has 1 rings (SSSR count). The fraction of sp³-hybridized carbons (Fsp3) is 0.846. The molecule has 1 aliphatic rings. The molecule has 4 nitrogen and oxygen atoms in total. The summed E-state index contributed by atoms with van der Waals surface area (Å²) in [6.45, 7) is 6.43. The summed E-state index contributed by atoms with van der Waals surface area (Å²) >= 11 is 0. The molecule has 4 heteroatoms. The van der Waals surface area contributed by atoms with Crippen LogP contribution >= 0.6 is 0 Å². The molecule has 2 N–H and O–H groups in total. The summed E-state index contributed by atoms with van der Waals surface area (Å²) in [6.07, 6.45) is 3.33. The molecular formula is C13H24N2O2. The lowest BCUT2D eigenvalue weighted by atomic mass is 9.88. The van der Waals surface area contributed by atoms with Crippen molar-refractivity contribution in [2.45, 2.75) is 58.4 Å². The largest absolute Gasteiger partial charge is 0.328 e. The van der Waals surface area contributed by atoms with Gasteiger partial charge in [-0.05, 0) is 32.1 Å². The van der Waals surface area contributed by atoms with Crippen LogP contribution in [0.4, 0.5) is 0 Å². The predicted octanol–water partition coefficient (Wildman–Crippen LogP) is 1.68. The standard InChI is InChI=1S/C13H24N2O2/c1-10(2)8-13(3,9-14)15-11(16)6-4-5-7-12(15)17/h10H,4-9,14H2,1-3H3. The number of hydrogen-bond acceptors (Lipinski definition) is 3. The minimum Gasteiger partial charge on any atom is -0.328 e. The van der Waals surface area contributed by atoms with Crippen molar-refractivity contribution in [1.82, 2.24) is 4.90 Å². The smallest absolute Gasteiger partial charge is 0.229 e. The van der Waals surface area contributed by atoms with Gasteiger partial charge >= 0.3 is 0 Å². The van der Waals surface area contributed by atoms with E-state index < -0.39 is 5.54 Å². The van der Waals surface area contributed by atoms with Crippen molar-refractivity contribution in [3.63, 3.8) is 0 Å². The molecule has 1 fully saturated rings. The Labute approximate surface area is 104 Å². The van der Waals surface area contributed by atoms with E-state index in [1.807, 2.05) is 6.92 Å². The third-order valence-electron chi connectivity index (χ3n) is 3.36. The van der Waals surface area contributed by atoms with Gasteiger partial charge in [-0.2, -0.15) is 0 Å². The summed E-state index contributed by atoms with van der Waals surface area (Å²) in [5, 5.41) is 0. The van der Waals surface area contributed by atoms with Gasteiger partial charge in [0, 0.05) is 19.4 Å². The van der Waals surface area contributed by atoms with Gasteiger partial charge in [-0.3, -0.25) is 14.5 Å². The first-order valence-electron chi connectivity index (χ1n) is 6.46. The lowest BCUT2D eigenvalue weighted by Crippen LogP contribution is -2.57. The second-order valence-electron chi connectivity index (χ2n) is 5.63. The number of nitrogens with two attached hydrogens (primary N) is 1. The topological polar surface area (TPSA) is 63.4 Å². The monoisotopic (exact) mass is 240 g/mol. The Morgan fingerprint density at radius 1 is 1.24 bits per heavy atom. The Balaban J connectivity index is 2.97. The molecule has 0 aromatic carbocycles. The Morgan fingerprint density at radius 2 is 1.71 bits per heavy atom. The van der Waals surface area contributed by atoms with Crippen LogP contribution < -0.4 is 5.73 Å². The number of imide groups is 1. The van der Waals surface area contributed by atoms with Gasteiger partial charge in [0.1, 0.15) is 0 Å². The maximum absolute atomic E-state index is 12.1. The quantitative estimate of drug-likeness (QED) is 0.760. The Bertz CT molecular complexity index is 284. The fourth-order valence-electron chi connectivity index (χ4n) is 2.66. The van der Waals surface area contributed by atoms with Crippen LogP contribution in [0, 0.1) is 5.92 Å². The number of carbonyl (C=O) groups is 2. The molecule has 0 aromatic heterocycles. The van der Waals surface area contributed by atoms with E-state index in [-0.39, 0.29) is 11.8 Å². The van der Waals surface area contributed by atoms with E-state index in [1.165, 1.54) is 4.90 Å². The number of rotatable bonds is 4. The summed E-state index contributed by atoms with van der Waals surface area (Å²) in [5.41, 5.74) is 5.29. The molecule has 2 amide bonds. The van der Waals surface area contributed by atoms with Crippen LogP contribution in [-0.2, 0) is 9.59 Å². The first-order valence-corrected chi connectivity index (χ1v) is 6.46. The number of likely N-dealkylation sites (tertiary alicyclic amines) is 1. The molecule has 1 unspecified atom stereocenters. The SMILES string of the molecule is CC(C)CC(C)(CN)N1C(=O)CCCCC1=O. The van der Waals surface area contributed by atoms with E-state index in [4.69, 9.17) is 5.73 Å². The van der Waals surface area contributed by atoms with Crippen molar-refractivity contribution in [2.75, 3.05) is 6.54 Å². The highest BCUT2D eigenvalue weighted by molar-refractivity contribution is 5.97. The summed E-state index contributed by atoms with van der Waals surface area (Å²) in [5.74, 6) is 0.301. The van der Waals surface area contributed by atoms with E-state index in [1.54, 1.807) is 0 Å². The summed E-state index contributed by atoms with van der Waals surface area (Å²) < 4.78 is 0. The van der Waals surface area contributed by atoms with E-state index in [0.717, 1.165) is 19.3 Å². The molecule has 0 bridgehead atoms. The molecule has 1 heterocycles. The third kappa shape index (κ3) is 3.28. The number of hydrogen-bond donors (Lipinski definition) is 1. The van der Waals surface area contributed by atoms with Crippen LogP contribution in [0.2, 0.25) is 0 Å². The van der Waals surface area contributed by atoms with Crippen molar-refractivity contribution in [3.8, 4) is 0 Å². The van der Waals surface area contributed by atoms with Crippen LogP contribution in [0.15, 0.2) is 0 Å². The van der Waals surface area contributed by atoms with Gasteiger partial charge in [-0.25, -0.2) is 0 Å². The molecule has 1 saturated heterocycles. The average Bonchev–Trinajstić information content (AvgIpc) is 2.39. The van der Waals surface area contributed by atoms with Crippen LogP contribution in [0.25, 0.3) is 0 Å². The molecular weight excluding hydrogens is 216 g/mol. The summed E-state index contributed by atoms with van der Waals surface area (Å²) in [6, 6.07) is 0. The molecule has 0 spiro atoms. The molecule has 0 saturated carbocycles. The third-order valence-corrected chi connectivity index (χ3v) is 3.36. The molecule has 0 aromatic rings. The fourth-order valence-corrected chi connectivity index (χ4v) is 2.66. The van der Waals surface area contributed by atoms with Gasteiger partial charge in [0.25, 0.3) is 0 Å². The molecule has 1 atom stereocenters. The summed E-state index contributed by atoms with van der Waals surface area (Å²) in [4.78, 5) is 25.6. The van der Waals surface area contributed by atoms with Gasteiger partial charge in [0.15, 0.2) is 0 Å². The van der Waals surface area contributed by atoms with Gasteiger partial charge < -0.3 is 5.73 Å². The number of nitrogens with zero attached hydrogens (tertiary/aromatic N) is 1. The van der Waals surface area contributed by atoms with E-state index in [2.05, 4.69) is 13.8 Å². The highest BCUT2D eigenvalue weighted by atomic mass is 16.2. The van der Waals surface area contributed by atoms with Crippen molar-refractivity contribution in [1.29, 1.82) is 0 Å². The van der Waals surface area contributed by atoms with Crippen molar-refractivity contribution < 1.29 is 9.59 Å². The van der Waals surface area contributed by atoms with Crippen LogP contribution in [0.1, 0.15) is 52.9 Å². The second-order valence-corrected chi connectivity index (χ2v) is 5.63. The van der Waals surface area contributed by atoms with Crippen molar-refractivity contribution >= 4 is 11.8 Å². The number of carbonyl (C=O) groups excluding carboxylic acids is 2. The summed E-state index contributed by atoms with van der Waals surface area (Å²) in [7, 11) is 0. The van der Waals surface area contributed by atoms with Crippen LogP contribution in [0.5, 0.6) is 0 Å². The molecule has 1 aliphatic heterocycles. The van der Waals surface area contributed by atoms with Gasteiger partial charge in [-0.15, -0.1) is 0 Å². The molecule has 98 valence electrons. The molecule has 17 heavy (non-hydrogen) atoms. The zero-order chi connectivity index (χ0) is 13.1. The zero-order valence-corrected chi connectivity index (χ0v) is 11.2. The normalized spacial score (nSPS) is 21.6. The highest BCUT2D eigenvalue weighted by Gasteiger charge is 2.39. The Hall–Kier alpha value is -0.900. The van der Waals surface area contributed by atoms with E-state index in [0.29, 0.717) is 25.3 Å². The highest BCUT2D eigenvalue weighted by Crippen LogP contribution is 2.27. The van der Waals surface area contributed by atoms with Crippen molar-refractivity contribution in [2.24, 2.45) is 11.7 Å². The Morgan fingerprint density at radius 3 is 2.06 bits per heavy atom. The Kier molecular flexibility index (Phi) is 4.69. The lowest BCUT2D eigenvalue weighted by Gasteiger charge is -2.40. The van der Waals surface area contributed by atoms with E-state index in [9.17, 15) is 9.59 Å². The van der Waals surface area contributed by atoms with Gasteiger partial charge in [0.2, 0.25) is 11.8 Å². The van der Waals surface area contributed by atoms with E-state index >= 15 is 0 Å². The van der Waals surface area contributed by atoms with Crippen LogP contribution in [-0.4, -0.2) is 28.8 Å². The first kappa shape index (κ1) is 14.2. The van der Waals surface area contributed by atoms with Crippen LogP contribution in [0.3, 0.4) is 0 Å². The van der Waals surface area contributed by atoms with Gasteiger partial charge in [0.05, 0.1) is 5.54 Å². The maximum atomic E-state index is 12.1. The molecule has 0 aliphatic carbocycles. The predicted molar refractivity (Wildman–Crippen MR) is 67.2 cm³/mol. The average molecular weight is 240 g/mol. The van der Waals surface area contributed by atoms with Crippen molar-refractivity contribution in [3.05, 3.63) is 0 Å². The number of amides is 2. The zero-order valence-electron chi connectivity index (χ0n) is 11.2. The maximum Gasteiger partial charge on any atom is 0.229 e. The van der Waals surface area contributed by atoms with Gasteiger partial charge in [-0.1, -0.05) is 13.8 Å². The minimum atomic E-state index is -0.521. The second kappa shape index (κ2) is 5.63. The molecule has 0 radical (unpaired) electrons. The minimum absolute atomic E-state index is 0.0545. The first-order chi connectivity index (χ1) is 7.90.